The lowest BCUT2D eigenvalue weighted by Gasteiger charge is -2.33. The maximum atomic E-state index is 14.8. The molecule has 2 aliphatic rings. The van der Waals surface area contributed by atoms with Crippen LogP contribution in [0, 0.1) is 12.7 Å². The summed E-state index contributed by atoms with van der Waals surface area (Å²) in [4.78, 5) is 28.3. The first-order valence-electron chi connectivity index (χ1n) is 10.9. The van der Waals surface area contributed by atoms with Crippen LogP contribution in [-0.4, -0.2) is 38.1 Å². The SMILES string of the molecule is Cc1cc(C(=O)Nc2ccc(N(C)C3CCCCC3)c(F)c2)ccc1N1CCNC1=O. The van der Waals surface area contributed by atoms with E-state index in [0.717, 1.165) is 24.1 Å². The van der Waals surface area contributed by atoms with E-state index in [0.29, 0.717) is 36.1 Å². The first-order chi connectivity index (χ1) is 14.9. The summed E-state index contributed by atoms with van der Waals surface area (Å²) in [5, 5.41) is 5.55. The summed E-state index contributed by atoms with van der Waals surface area (Å²) < 4.78 is 14.8. The minimum atomic E-state index is -0.336. The number of hydrogen-bond acceptors (Lipinski definition) is 3. The summed E-state index contributed by atoms with van der Waals surface area (Å²) >= 11 is 0. The number of carbonyl (C=O) groups excluding carboxylic acids is 2. The molecule has 1 aliphatic heterocycles. The summed E-state index contributed by atoms with van der Waals surface area (Å²) in [7, 11) is 1.94. The van der Waals surface area contributed by atoms with Crippen LogP contribution < -0.4 is 20.4 Å². The van der Waals surface area contributed by atoms with Crippen LogP contribution in [0.3, 0.4) is 0 Å². The molecule has 6 nitrogen and oxygen atoms in total. The van der Waals surface area contributed by atoms with E-state index in [1.807, 2.05) is 18.9 Å². The van der Waals surface area contributed by atoms with Crippen LogP contribution in [0.1, 0.15) is 48.0 Å². The average molecular weight is 425 g/mol. The molecule has 4 rings (SSSR count). The van der Waals surface area contributed by atoms with Crippen molar-refractivity contribution in [1.29, 1.82) is 0 Å². The molecule has 2 aromatic carbocycles. The second-order valence-electron chi connectivity index (χ2n) is 8.41. The molecule has 2 fully saturated rings. The highest BCUT2D eigenvalue weighted by Gasteiger charge is 2.23. The summed E-state index contributed by atoms with van der Waals surface area (Å²) in [5.74, 6) is -0.647. The van der Waals surface area contributed by atoms with Gasteiger partial charge in [0.1, 0.15) is 5.82 Å². The fourth-order valence-electron chi connectivity index (χ4n) is 4.54. The van der Waals surface area contributed by atoms with Crippen LogP contribution in [0.15, 0.2) is 36.4 Å². The van der Waals surface area contributed by atoms with E-state index in [1.54, 1.807) is 35.2 Å². The predicted molar refractivity (Wildman–Crippen MR) is 122 cm³/mol. The Morgan fingerprint density at radius 1 is 1.16 bits per heavy atom. The quantitative estimate of drug-likeness (QED) is 0.732. The molecule has 2 N–H and O–H groups in total. The molecular weight excluding hydrogens is 395 g/mol. The number of urea groups is 1. The molecule has 0 aromatic heterocycles. The summed E-state index contributed by atoms with van der Waals surface area (Å²) in [6.45, 7) is 3.08. The predicted octanol–water partition coefficient (Wildman–Crippen LogP) is 4.68. The van der Waals surface area contributed by atoms with Gasteiger partial charge in [-0.1, -0.05) is 19.3 Å². The molecule has 0 spiro atoms. The molecule has 3 amide bonds. The zero-order valence-electron chi connectivity index (χ0n) is 18.1. The van der Waals surface area contributed by atoms with Gasteiger partial charge in [0.05, 0.1) is 5.69 Å². The van der Waals surface area contributed by atoms with Crippen LogP contribution >= 0.6 is 0 Å². The largest absolute Gasteiger partial charge is 0.369 e. The van der Waals surface area contributed by atoms with Crippen molar-refractivity contribution in [3.05, 3.63) is 53.3 Å². The van der Waals surface area contributed by atoms with Gasteiger partial charge in [-0.3, -0.25) is 9.69 Å². The van der Waals surface area contributed by atoms with Gasteiger partial charge in [0.25, 0.3) is 5.91 Å². The van der Waals surface area contributed by atoms with Crippen molar-refractivity contribution in [2.45, 2.75) is 45.1 Å². The first kappa shape index (κ1) is 21.2. The van der Waals surface area contributed by atoms with Crippen LogP contribution in [0.2, 0.25) is 0 Å². The molecule has 0 unspecified atom stereocenters. The number of carbonyl (C=O) groups is 2. The summed E-state index contributed by atoms with van der Waals surface area (Å²) in [6.07, 6.45) is 5.80. The lowest BCUT2D eigenvalue weighted by Crippen LogP contribution is -2.33. The van der Waals surface area contributed by atoms with Gasteiger partial charge in [0.2, 0.25) is 0 Å². The molecule has 1 saturated heterocycles. The number of anilines is 3. The van der Waals surface area contributed by atoms with Gasteiger partial charge < -0.3 is 15.5 Å². The normalized spacial score (nSPS) is 16.9. The molecule has 7 heteroatoms. The average Bonchev–Trinajstić information content (AvgIpc) is 3.19. The Morgan fingerprint density at radius 2 is 1.94 bits per heavy atom. The molecule has 164 valence electrons. The van der Waals surface area contributed by atoms with Gasteiger partial charge in [-0.25, -0.2) is 9.18 Å². The third-order valence-electron chi connectivity index (χ3n) is 6.31. The van der Waals surface area contributed by atoms with E-state index in [-0.39, 0.29) is 17.8 Å². The van der Waals surface area contributed by atoms with E-state index in [9.17, 15) is 14.0 Å². The third kappa shape index (κ3) is 4.50. The lowest BCUT2D eigenvalue weighted by molar-refractivity contribution is 0.102. The monoisotopic (exact) mass is 424 g/mol. The van der Waals surface area contributed by atoms with Gasteiger partial charge in [-0.15, -0.1) is 0 Å². The molecule has 31 heavy (non-hydrogen) atoms. The maximum absolute atomic E-state index is 14.8. The van der Waals surface area contributed by atoms with Crippen molar-refractivity contribution in [3.63, 3.8) is 0 Å². The van der Waals surface area contributed by atoms with E-state index >= 15 is 0 Å². The second kappa shape index (κ2) is 8.96. The standard InChI is InChI=1S/C24H29FN4O2/c1-16-14-17(8-10-21(16)29-13-12-26-24(29)31)23(30)27-18-9-11-22(20(25)15-18)28(2)19-6-4-3-5-7-19/h8-11,14-15,19H,3-7,12-13H2,1-2H3,(H,26,31)(H,27,30). The van der Waals surface area contributed by atoms with Crippen molar-refractivity contribution in [1.82, 2.24) is 5.32 Å². The van der Waals surface area contributed by atoms with E-state index in [2.05, 4.69) is 10.6 Å². The summed E-state index contributed by atoms with van der Waals surface area (Å²) in [5.41, 5.74) is 3.07. The number of aryl methyl sites for hydroxylation is 1. The van der Waals surface area contributed by atoms with Crippen molar-refractivity contribution in [2.24, 2.45) is 0 Å². The molecule has 2 aromatic rings. The Morgan fingerprint density at radius 3 is 2.58 bits per heavy atom. The molecule has 1 aliphatic carbocycles. The van der Waals surface area contributed by atoms with Crippen molar-refractivity contribution >= 4 is 29.0 Å². The molecule has 1 saturated carbocycles. The van der Waals surface area contributed by atoms with Crippen molar-refractivity contribution in [2.75, 3.05) is 35.3 Å². The highest BCUT2D eigenvalue weighted by Crippen LogP contribution is 2.29. The minimum absolute atomic E-state index is 0.130. The maximum Gasteiger partial charge on any atom is 0.322 e. The van der Waals surface area contributed by atoms with Crippen LogP contribution in [0.25, 0.3) is 0 Å². The third-order valence-corrected chi connectivity index (χ3v) is 6.31. The fourth-order valence-corrected chi connectivity index (χ4v) is 4.54. The number of halogens is 1. The van der Waals surface area contributed by atoms with E-state index in [4.69, 9.17) is 0 Å². The minimum Gasteiger partial charge on any atom is -0.369 e. The molecule has 1 heterocycles. The molecule has 0 bridgehead atoms. The van der Waals surface area contributed by atoms with Gasteiger partial charge >= 0.3 is 6.03 Å². The number of nitrogens with zero attached hydrogens (tertiary/aromatic N) is 2. The Labute approximate surface area is 182 Å². The molecule has 0 atom stereocenters. The van der Waals surface area contributed by atoms with Gasteiger partial charge in [0, 0.05) is 43.1 Å². The number of rotatable bonds is 5. The Bertz CT molecular complexity index is 988. The van der Waals surface area contributed by atoms with Gasteiger partial charge in [-0.05, 0) is 61.7 Å². The Kier molecular flexibility index (Phi) is 6.11. The van der Waals surface area contributed by atoms with Gasteiger partial charge in [-0.2, -0.15) is 0 Å². The fraction of sp³-hybridized carbons (Fsp3) is 0.417. The van der Waals surface area contributed by atoms with Crippen LogP contribution in [0.5, 0.6) is 0 Å². The highest BCUT2D eigenvalue weighted by atomic mass is 19.1. The van der Waals surface area contributed by atoms with E-state index in [1.165, 1.54) is 25.3 Å². The number of hydrogen-bond donors (Lipinski definition) is 2. The first-order valence-corrected chi connectivity index (χ1v) is 10.9. The lowest BCUT2D eigenvalue weighted by atomic mass is 9.94. The number of benzene rings is 2. The molecule has 0 radical (unpaired) electrons. The Balaban J connectivity index is 1.45. The number of nitrogens with one attached hydrogen (secondary N) is 2. The van der Waals surface area contributed by atoms with Crippen molar-refractivity contribution < 1.29 is 14.0 Å². The summed E-state index contributed by atoms with van der Waals surface area (Å²) in [6, 6.07) is 10.3. The second-order valence-corrected chi connectivity index (χ2v) is 8.41. The topological polar surface area (TPSA) is 64.7 Å². The highest BCUT2D eigenvalue weighted by molar-refractivity contribution is 6.05. The van der Waals surface area contributed by atoms with Crippen LogP contribution in [-0.2, 0) is 0 Å². The van der Waals surface area contributed by atoms with E-state index < -0.39 is 0 Å². The zero-order valence-corrected chi connectivity index (χ0v) is 18.1. The van der Waals surface area contributed by atoms with Gasteiger partial charge in [0.15, 0.2) is 0 Å². The smallest absolute Gasteiger partial charge is 0.322 e. The zero-order chi connectivity index (χ0) is 22.0. The van der Waals surface area contributed by atoms with Crippen molar-refractivity contribution in [3.8, 4) is 0 Å². The number of amides is 3. The Hall–Kier alpha value is -3.09. The molecular formula is C24H29FN4O2. The van der Waals surface area contributed by atoms with Crippen LogP contribution in [0.4, 0.5) is 26.2 Å².